The SMILES string of the molecule is CN(C)c1cccc(Nc2ncc(N)cc2Br)c1. The lowest BCUT2D eigenvalue weighted by Crippen LogP contribution is -2.08. The molecule has 2 aromatic rings. The molecule has 1 aromatic carbocycles. The molecule has 18 heavy (non-hydrogen) atoms. The molecule has 2 rings (SSSR count). The van der Waals surface area contributed by atoms with Gasteiger partial charge >= 0.3 is 0 Å². The lowest BCUT2D eigenvalue weighted by atomic mass is 10.2. The zero-order valence-electron chi connectivity index (χ0n) is 10.3. The van der Waals surface area contributed by atoms with Crippen molar-refractivity contribution < 1.29 is 0 Å². The molecule has 0 atom stereocenters. The lowest BCUT2D eigenvalue weighted by molar-refractivity contribution is 1.13. The Labute approximate surface area is 115 Å². The molecule has 0 aliphatic carbocycles. The number of anilines is 4. The number of rotatable bonds is 3. The highest BCUT2D eigenvalue weighted by atomic mass is 79.9. The minimum atomic E-state index is 0.634. The molecule has 0 fully saturated rings. The van der Waals surface area contributed by atoms with Gasteiger partial charge in [0.1, 0.15) is 5.82 Å². The summed E-state index contributed by atoms with van der Waals surface area (Å²) < 4.78 is 0.845. The Morgan fingerprint density at radius 3 is 2.72 bits per heavy atom. The maximum atomic E-state index is 5.66. The van der Waals surface area contributed by atoms with Gasteiger partial charge in [-0.15, -0.1) is 0 Å². The van der Waals surface area contributed by atoms with Crippen molar-refractivity contribution >= 4 is 38.8 Å². The van der Waals surface area contributed by atoms with Crippen molar-refractivity contribution in [2.45, 2.75) is 0 Å². The van der Waals surface area contributed by atoms with Crippen molar-refractivity contribution in [2.75, 3.05) is 30.0 Å². The van der Waals surface area contributed by atoms with Gasteiger partial charge in [-0.05, 0) is 40.2 Å². The van der Waals surface area contributed by atoms with Gasteiger partial charge < -0.3 is 16.0 Å². The molecule has 1 heterocycles. The molecular weight excluding hydrogens is 292 g/mol. The Hall–Kier alpha value is -1.75. The number of hydrogen-bond donors (Lipinski definition) is 2. The third kappa shape index (κ3) is 2.92. The van der Waals surface area contributed by atoms with Crippen LogP contribution in [0.25, 0.3) is 0 Å². The molecule has 94 valence electrons. The molecule has 0 radical (unpaired) electrons. The van der Waals surface area contributed by atoms with Crippen LogP contribution in [0.15, 0.2) is 41.0 Å². The highest BCUT2D eigenvalue weighted by Crippen LogP contribution is 2.26. The number of nitrogens with zero attached hydrogens (tertiary/aromatic N) is 2. The van der Waals surface area contributed by atoms with E-state index in [0.717, 1.165) is 21.7 Å². The largest absolute Gasteiger partial charge is 0.397 e. The quantitative estimate of drug-likeness (QED) is 0.914. The molecule has 0 saturated carbocycles. The van der Waals surface area contributed by atoms with Crippen LogP contribution < -0.4 is 16.0 Å². The molecule has 1 aromatic heterocycles. The molecule has 5 heteroatoms. The number of hydrogen-bond acceptors (Lipinski definition) is 4. The first-order chi connectivity index (χ1) is 8.56. The van der Waals surface area contributed by atoms with Crippen molar-refractivity contribution in [3.05, 3.63) is 41.0 Å². The van der Waals surface area contributed by atoms with E-state index in [4.69, 9.17) is 5.73 Å². The number of halogens is 1. The molecule has 4 nitrogen and oxygen atoms in total. The van der Waals surface area contributed by atoms with E-state index < -0.39 is 0 Å². The molecule has 0 spiro atoms. The fourth-order valence-electron chi connectivity index (χ4n) is 1.54. The van der Waals surface area contributed by atoms with Crippen LogP contribution in [-0.4, -0.2) is 19.1 Å². The highest BCUT2D eigenvalue weighted by Gasteiger charge is 2.03. The number of pyridine rings is 1. The second-order valence-corrected chi connectivity index (χ2v) is 5.02. The minimum absolute atomic E-state index is 0.634. The summed E-state index contributed by atoms with van der Waals surface area (Å²) in [7, 11) is 4.02. The van der Waals surface area contributed by atoms with E-state index in [1.54, 1.807) is 6.20 Å². The van der Waals surface area contributed by atoms with Crippen molar-refractivity contribution in [3.63, 3.8) is 0 Å². The summed E-state index contributed by atoms with van der Waals surface area (Å²) in [6, 6.07) is 9.94. The molecule has 0 bridgehead atoms. The number of benzene rings is 1. The smallest absolute Gasteiger partial charge is 0.144 e. The van der Waals surface area contributed by atoms with Gasteiger partial charge in [-0.3, -0.25) is 0 Å². The number of nitrogens with two attached hydrogens (primary N) is 1. The van der Waals surface area contributed by atoms with Gasteiger partial charge in [-0.2, -0.15) is 0 Å². The second kappa shape index (κ2) is 5.27. The predicted octanol–water partition coefficient (Wildman–Crippen LogP) is 3.24. The zero-order valence-corrected chi connectivity index (χ0v) is 11.9. The summed E-state index contributed by atoms with van der Waals surface area (Å²) in [6.45, 7) is 0. The van der Waals surface area contributed by atoms with Gasteiger partial charge in [0.05, 0.1) is 16.4 Å². The first-order valence-electron chi connectivity index (χ1n) is 5.51. The molecule has 0 amide bonds. The van der Waals surface area contributed by atoms with Crippen LogP contribution in [0.4, 0.5) is 22.9 Å². The second-order valence-electron chi connectivity index (χ2n) is 4.17. The lowest BCUT2D eigenvalue weighted by Gasteiger charge is -2.14. The summed E-state index contributed by atoms with van der Waals surface area (Å²) in [5, 5.41) is 3.25. The average Bonchev–Trinajstić information content (AvgIpc) is 2.33. The Bertz CT molecular complexity index is 554. The Balaban J connectivity index is 2.25. The molecular formula is C13H15BrN4. The first-order valence-corrected chi connectivity index (χ1v) is 6.31. The molecule has 3 N–H and O–H groups in total. The van der Waals surface area contributed by atoms with Gasteiger partial charge in [0.15, 0.2) is 0 Å². The monoisotopic (exact) mass is 306 g/mol. The summed E-state index contributed by atoms with van der Waals surface area (Å²) in [4.78, 5) is 6.30. The van der Waals surface area contributed by atoms with Crippen molar-refractivity contribution in [1.82, 2.24) is 4.98 Å². The third-order valence-corrected chi connectivity index (χ3v) is 3.09. The predicted molar refractivity (Wildman–Crippen MR) is 80.4 cm³/mol. The van der Waals surface area contributed by atoms with Crippen molar-refractivity contribution in [3.8, 4) is 0 Å². The van der Waals surface area contributed by atoms with Crippen LogP contribution in [0.5, 0.6) is 0 Å². The van der Waals surface area contributed by atoms with Gasteiger partial charge in [0, 0.05) is 25.5 Å². The minimum Gasteiger partial charge on any atom is -0.397 e. The fraction of sp³-hybridized carbons (Fsp3) is 0.154. The van der Waals surface area contributed by atoms with Crippen LogP contribution in [0.3, 0.4) is 0 Å². The zero-order chi connectivity index (χ0) is 13.1. The summed E-state index contributed by atoms with van der Waals surface area (Å²) >= 11 is 3.44. The standard InChI is InChI=1S/C13H15BrN4/c1-18(2)11-5-3-4-10(7-11)17-13-12(14)6-9(15)8-16-13/h3-8H,15H2,1-2H3,(H,16,17). The summed E-state index contributed by atoms with van der Waals surface area (Å²) in [5.74, 6) is 0.750. The Morgan fingerprint density at radius 1 is 1.28 bits per heavy atom. The molecule has 0 saturated heterocycles. The normalized spacial score (nSPS) is 10.2. The van der Waals surface area contributed by atoms with E-state index in [0.29, 0.717) is 5.69 Å². The molecule has 0 aliphatic heterocycles. The number of nitrogen functional groups attached to an aromatic ring is 1. The van der Waals surface area contributed by atoms with E-state index in [1.165, 1.54) is 0 Å². The number of aromatic nitrogens is 1. The van der Waals surface area contributed by atoms with E-state index in [9.17, 15) is 0 Å². The summed E-state index contributed by atoms with van der Waals surface area (Å²) in [5.41, 5.74) is 8.41. The maximum Gasteiger partial charge on any atom is 0.144 e. The Morgan fingerprint density at radius 2 is 2.06 bits per heavy atom. The van der Waals surface area contributed by atoms with Crippen LogP contribution in [0, 0.1) is 0 Å². The average molecular weight is 307 g/mol. The van der Waals surface area contributed by atoms with Crippen LogP contribution in [-0.2, 0) is 0 Å². The molecule has 0 aliphatic rings. The van der Waals surface area contributed by atoms with Crippen molar-refractivity contribution in [2.24, 2.45) is 0 Å². The Kier molecular flexibility index (Phi) is 3.72. The van der Waals surface area contributed by atoms with Crippen LogP contribution in [0.2, 0.25) is 0 Å². The van der Waals surface area contributed by atoms with E-state index in [-0.39, 0.29) is 0 Å². The van der Waals surface area contributed by atoms with Gasteiger partial charge in [-0.25, -0.2) is 4.98 Å². The third-order valence-electron chi connectivity index (χ3n) is 2.49. The van der Waals surface area contributed by atoms with Crippen molar-refractivity contribution in [1.29, 1.82) is 0 Å². The van der Waals surface area contributed by atoms with Crippen LogP contribution >= 0.6 is 15.9 Å². The van der Waals surface area contributed by atoms with E-state index in [2.05, 4.69) is 43.3 Å². The highest BCUT2D eigenvalue weighted by molar-refractivity contribution is 9.10. The topological polar surface area (TPSA) is 54.2 Å². The van der Waals surface area contributed by atoms with E-state index in [1.807, 2.05) is 32.3 Å². The summed E-state index contributed by atoms with van der Waals surface area (Å²) in [6.07, 6.45) is 1.63. The van der Waals surface area contributed by atoms with E-state index >= 15 is 0 Å². The molecule has 0 unspecified atom stereocenters. The van der Waals surface area contributed by atoms with Gasteiger partial charge in [0.2, 0.25) is 0 Å². The number of nitrogens with one attached hydrogen (secondary N) is 1. The fourth-order valence-corrected chi connectivity index (χ4v) is 2.01. The van der Waals surface area contributed by atoms with Gasteiger partial charge in [0.25, 0.3) is 0 Å². The first kappa shape index (κ1) is 12.7. The van der Waals surface area contributed by atoms with Crippen LogP contribution in [0.1, 0.15) is 0 Å². The van der Waals surface area contributed by atoms with Gasteiger partial charge in [-0.1, -0.05) is 6.07 Å². The maximum absolute atomic E-state index is 5.66.